The summed E-state index contributed by atoms with van der Waals surface area (Å²) in [5, 5.41) is 0.752. The van der Waals surface area contributed by atoms with Crippen molar-refractivity contribution in [2.45, 2.75) is 32.8 Å². The third-order valence-electron chi connectivity index (χ3n) is 5.04. The minimum Gasteiger partial charge on any atom is -0.461 e. The molecule has 148 valence electrons. The first-order valence-electron chi connectivity index (χ1n) is 9.58. The first kappa shape index (κ1) is 18.9. The van der Waals surface area contributed by atoms with Crippen LogP contribution in [0, 0.1) is 6.92 Å². The summed E-state index contributed by atoms with van der Waals surface area (Å²) in [6.45, 7) is 2.65. The van der Waals surface area contributed by atoms with Gasteiger partial charge in [0.1, 0.15) is 12.2 Å². The van der Waals surface area contributed by atoms with Crippen LogP contribution in [0.1, 0.15) is 29.5 Å². The van der Waals surface area contributed by atoms with Crippen molar-refractivity contribution in [2.24, 2.45) is 0 Å². The summed E-state index contributed by atoms with van der Waals surface area (Å²) >= 11 is 0. The van der Waals surface area contributed by atoms with E-state index in [1.54, 1.807) is 11.0 Å². The van der Waals surface area contributed by atoms with E-state index in [2.05, 4.69) is 0 Å². The van der Waals surface area contributed by atoms with Crippen LogP contribution in [-0.2, 0) is 27.4 Å². The van der Waals surface area contributed by atoms with Gasteiger partial charge in [0.05, 0.1) is 6.42 Å². The summed E-state index contributed by atoms with van der Waals surface area (Å²) in [6, 6.07) is 14.3. The Bertz CT molecular complexity index is 1130. The molecule has 0 N–H and O–H groups in total. The Kier molecular flexibility index (Phi) is 5.16. The molecule has 1 fully saturated rings. The highest BCUT2D eigenvalue weighted by Crippen LogP contribution is 2.22. The maximum absolute atomic E-state index is 12.3. The van der Waals surface area contributed by atoms with Crippen molar-refractivity contribution in [1.82, 2.24) is 0 Å². The Labute approximate surface area is 167 Å². The predicted octanol–water partition coefficient (Wildman–Crippen LogP) is 3.51. The highest BCUT2D eigenvalue weighted by Gasteiger charge is 2.21. The molecule has 1 aliphatic rings. The first-order chi connectivity index (χ1) is 14.0. The minimum absolute atomic E-state index is 0.00432. The summed E-state index contributed by atoms with van der Waals surface area (Å²) in [5.74, 6) is -0.254. The molecule has 0 radical (unpaired) electrons. The molecule has 2 aromatic carbocycles. The molecule has 1 saturated heterocycles. The van der Waals surface area contributed by atoms with Crippen LogP contribution in [0.15, 0.2) is 57.7 Å². The van der Waals surface area contributed by atoms with Gasteiger partial charge in [0.25, 0.3) is 0 Å². The van der Waals surface area contributed by atoms with Crippen LogP contribution < -0.4 is 10.5 Å². The number of benzene rings is 2. The van der Waals surface area contributed by atoms with Gasteiger partial charge in [0.2, 0.25) is 5.91 Å². The number of ether oxygens (including phenoxy) is 1. The zero-order valence-corrected chi connectivity index (χ0v) is 16.1. The molecule has 3 aromatic rings. The first-order valence-corrected chi connectivity index (χ1v) is 9.58. The van der Waals surface area contributed by atoms with Crippen LogP contribution in [0.3, 0.4) is 0 Å². The average Bonchev–Trinajstić information content (AvgIpc) is 3.12. The minimum atomic E-state index is -0.471. The van der Waals surface area contributed by atoms with Crippen LogP contribution in [0.25, 0.3) is 11.0 Å². The third kappa shape index (κ3) is 4.21. The number of amides is 1. The number of esters is 1. The van der Waals surface area contributed by atoms with Gasteiger partial charge in [-0.2, -0.15) is 0 Å². The van der Waals surface area contributed by atoms with Crippen LogP contribution in [-0.4, -0.2) is 18.4 Å². The van der Waals surface area contributed by atoms with E-state index in [0.717, 1.165) is 35.2 Å². The summed E-state index contributed by atoms with van der Waals surface area (Å²) in [7, 11) is 0. The Hall–Kier alpha value is -3.41. The average molecular weight is 391 g/mol. The second kappa shape index (κ2) is 7.91. The van der Waals surface area contributed by atoms with E-state index in [4.69, 9.17) is 9.15 Å². The Morgan fingerprint density at radius 2 is 1.90 bits per heavy atom. The fraction of sp³-hybridized carbons (Fsp3) is 0.261. The summed E-state index contributed by atoms with van der Waals surface area (Å²) < 4.78 is 10.6. The molecule has 6 nitrogen and oxygen atoms in total. The molecule has 1 amide bonds. The molecular weight excluding hydrogens is 370 g/mol. The van der Waals surface area contributed by atoms with E-state index in [9.17, 15) is 14.4 Å². The van der Waals surface area contributed by atoms with Gasteiger partial charge in [0.15, 0.2) is 0 Å². The summed E-state index contributed by atoms with van der Waals surface area (Å²) in [4.78, 5) is 37.6. The number of hydrogen-bond donors (Lipinski definition) is 0. The highest BCUT2D eigenvalue weighted by atomic mass is 16.5. The number of anilines is 1. The zero-order valence-electron chi connectivity index (χ0n) is 16.1. The molecule has 29 heavy (non-hydrogen) atoms. The van der Waals surface area contributed by atoms with Gasteiger partial charge in [-0.3, -0.25) is 9.59 Å². The smallest absolute Gasteiger partial charge is 0.336 e. The molecule has 0 spiro atoms. The SMILES string of the molecule is Cc1ccc2c(COC(=O)Cc3ccc(N4CCCC4=O)cc3)cc(=O)oc2c1. The molecule has 0 bridgehead atoms. The van der Waals surface area contributed by atoms with Crippen molar-refractivity contribution in [1.29, 1.82) is 0 Å². The van der Waals surface area contributed by atoms with Gasteiger partial charge in [0, 0.05) is 35.7 Å². The van der Waals surface area contributed by atoms with Crippen molar-refractivity contribution in [2.75, 3.05) is 11.4 Å². The Morgan fingerprint density at radius 1 is 1.10 bits per heavy atom. The van der Waals surface area contributed by atoms with Gasteiger partial charge in [-0.25, -0.2) is 4.79 Å². The lowest BCUT2D eigenvalue weighted by Gasteiger charge is -2.15. The molecule has 1 aromatic heterocycles. The fourth-order valence-electron chi connectivity index (χ4n) is 3.55. The normalized spacial score (nSPS) is 13.8. The predicted molar refractivity (Wildman–Crippen MR) is 109 cm³/mol. The standard InChI is InChI=1S/C23H21NO5/c1-15-4-9-19-17(13-23(27)29-20(19)11-15)14-28-22(26)12-16-5-7-18(8-6-16)24-10-2-3-21(24)25/h4-9,11,13H,2-3,10,12,14H2,1H3. The number of aryl methyl sites for hydroxylation is 1. The molecule has 0 saturated carbocycles. The third-order valence-corrected chi connectivity index (χ3v) is 5.04. The Morgan fingerprint density at radius 3 is 2.62 bits per heavy atom. The van der Waals surface area contributed by atoms with Crippen molar-refractivity contribution in [3.63, 3.8) is 0 Å². The summed E-state index contributed by atoms with van der Waals surface area (Å²) in [5.41, 5.74) is 3.26. The van der Waals surface area contributed by atoms with Crippen LogP contribution in [0.4, 0.5) is 5.69 Å². The topological polar surface area (TPSA) is 76.8 Å². The molecule has 2 heterocycles. The summed E-state index contributed by atoms with van der Waals surface area (Å²) in [6.07, 6.45) is 1.58. The molecule has 4 rings (SSSR count). The van der Waals surface area contributed by atoms with Crippen LogP contribution in [0.5, 0.6) is 0 Å². The molecule has 0 aliphatic carbocycles. The Balaban J connectivity index is 1.41. The lowest BCUT2D eigenvalue weighted by molar-refractivity contribution is -0.144. The van der Waals surface area contributed by atoms with Gasteiger partial charge < -0.3 is 14.1 Å². The molecule has 0 unspecified atom stereocenters. The van der Waals surface area contributed by atoms with Crippen molar-refractivity contribution >= 4 is 28.5 Å². The number of fused-ring (bicyclic) bond motifs is 1. The van der Waals surface area contributed by atoms with Gasteiger partial charge >= 0.3 is 11.6 Å². The second-order valence-corrected chi connectivity index (χ2v) is 7.24. The molecule has 6 heteroatoms. The number of carbonyl (C=O) groups is 2. The van der Waals surface area contributed by atoms with E-state index in [-0.39, 0.29) is 24.9 Å². The van der Waals surface area contributed by atoms with Crippen molar-refractivity contribution in [3.05, 3.63) is 75.6 Å². The van der Waals surface area contributed by atoms with Gasteiger partial charge in [-0.05, 0) is 42.7 Å². The lowest BCUT2D eigenvalue weighted by atomic mass is 10.1. The highest BCUT2D eigenvalue weighted by molar-refractivity contribution is 5.95. The number of carbonyl (C=O) groups excluding carboxylic acids is 2. The van der Waals surface area contributed by atoms with E-state index < -0.39 is 5.63 Å². The largest absolute Gasteiger partial charge is 0.461 e. The van der Waals surface area contributed by atoms with E-state index in [0.29, 0.717) is 17.6 Å². The number of nitrogens with zero attached hydrogens (tertiary/aromatic N) is 1. The van der Waals surface area contributed by atoms with E-state index in [1.165, 1.54) is 6.07 Å². The lowest BCUT2D eigenvalue weighted by Crippen LogP contribution is -2.23. The van der Waals surface area contributed by atoms with Crippen molar-refractivity contribution in [3.8, 4) is 0 Å². The van der Waals surface area contributed by atoms with Gasteiger partial charge in [-0.15, -0.1) is 0 Å². The second-order valence-electron chi connectivity index (χ2n) is 7.24. The molecular formula is C23H21NO5. The van der Waals surface area contributed by atoms with Gasteiger partial charge in [-0.1, -0.05) is 24.3 Å². The van der Waals surface area contributed by atoms with E-state index in [1.807, 2.05) is 43.3 Å². The maximum Gasteiger partial charge on any atom is 0.336 e. The van der Waals surface area contributed by atoms with Crippen LogP contribution >= 0.6 is 0 Å². The fourth-order valence-corrected chi connectivity index (χ4v) is 3.55. The monoisotopic (exact) mass is 391 g/mol. The van der Waals surface area contributed by atoms with Crippen LogP contribution in [0.2, 0.25) is 0 Å². The maximum atomic E-state index is 12.3. The molecule has 0 atom stereocenters. The van der Waals surface area contributed by atoms with Crippen molar-refractivity contribution < 1.29 is 18.7 Å². The number of hydrogen-bond acceptors (Lipinski definition) is 5. The molecule has 1 aliphatic heterocycles. The van der Waals surface area contributed by atoms with E-state index >= 15 is 0 Å². The number of rotatable bonds is 5. The zero-order chi connectivity index (χ0) is 20.4. The quantitative estimate of drug-likeness (QED) is 0.491.